The molecule has 5 N–H and O–H groups in total. The number of carbonyl (C=O) groups is 1. The molecule has 0 spiro atoms. The molecule has 1 atom stereocenters. The second-order valence-electron chi connectivity index (χ2n) is 7.30. The van der Waals surface area contributed by atoms with Gasteiger partial charge in [0, 0.05) is 35.2 Å². The monoisotopic (exact) mass is 448 g/mol. The molecular formula is C24H24N4O3S. The first-order valence-electron chi connectivity index (χ1n) is 10.1. The minimum Gasteiger partial charge on any atom is -0.508 e. The fourth-order valence-electron chi connectivity index (χ4n) is 3.43. The van der Waals surface area contributed by atoms with Crippen LogP contribution < -0.4 is 21.1 Å². The second-order valence-corrected chi connectivity index (χ2v) is 8.24. The van der Waals surface area contributed by atoms with Crippen molar-refractivity contribution in [2.75, 3.05) is 23.9 Å². The molecule has 3 aromatic rings. The highest BCUT2D eigenvalue weighted by Crippen LogP contribution is 2.32. The Balaban J connectivity index is 1.47. The number of nitrogens with one attached hydrogen (secondary N) is 2. The maximum Gasteiger partial charge on any atom is 0.251 e. The van der Waals surface area contributed by atoms with Gasteiger partial charge >= 0.3 is 0 Å². The number of hydrogen-bond acceptors (Lipinski definition) is 7. The molecule has 7 nitrogen and oxygen atoms in total. The van der Waals surface area contributed by atoms with Crippen molar-refractivity contribution in [3.8, 4) is 22.8 Å². The number of benzene rings is 2. The van der Waals surface area contributed by atoms with Crippen molar-refractivity contribution in [1.82, 2.24) is 10.3 Å². The van der Waals surface area contributed by atoms with Crippen LogP contribution in [0.2, 0.25) is 0 Å². The van der Waals surface area contributed by atoms with Gasteiger partial charge < -0.3 is 26.2 Å². The van der Waals surface area contributed by atoms with Crippen LogP contribution >= 0.6 is 11.8 Å². The largest absolute Gasteiger partial charge is 0.508 e. The van der Waals surface area contributed by atoms with Crippen LogP contribution in [0.1, 0.15) is 15.9 Å². The van der Waals surface area contributed by atoms with E-state index in [1.54, 1.807) is 49.3 Å². The zero-order valence-corrected chi connectivity index (χ0v) is 18.4. The average molecular weight is 449 g/mol. The first kappa shape index (κ1) is 21.6. The van der Waals surface area contributed by atoms with Crippen LogP contribution in [0.5, 0.6) is 11.6 Å². The summed E-state index contributed by atoms with van der Waals surface area (Å²) in [6.07, 6.45) is 3.64. The summed E-state index contributed by atoms with van der Waals surface area (Å²) < 4.78 is 5.34. The third-order valence-corrected chi connectivity index (χ3v) is 6.04. The predicted octanol–water partition coefficient (Wildman–Crippen LogP) is 4.02. The Bertz CT molecular complexity index is 1170. The fraction of sp³-hybridized carbons (Fsp3) is 0.167. The Labute approximate surface area is 190 Å². The molecule has 0 bridgehead atoms. The predicted molar refractivity (Wildman–Crippen MR) is 129 cm³/mol. The molecule has 0 radical (unpaired) electrons. The number of aromatic nitrogens is 1. The van der Waals surface area contributed by atoms with E-state index in [0.717, 1.165) is 16.9 Å². The number of amides is 1. The smallest absolute Gasteiger partial charge is 0.251 e. The van der Waals surface area contributed by atoms with Crippen LogP contribution in [0.25, 0.3) is 11.1 Å². The number of phenols is 1. The molecule has 2 aromatic carbocycles. The molecule has 32 heavy (non-hydrogen) atoms. The number of nitrogen functional groups attached to an aromatic ring is 1. The van der Waals surface area contributed by atoms with Crippen LogP contribution in [0.4, 0.5) is 11.4 Å². The molecule has 164 valence electrons. The molecule has 0 aliphatic carbocycles. The Morgan fingerprint density at radius 1 is 1.28 bits per heavy atom. The van der Waals surface area contributed by atoms with E-state index < -0.39 is 0 Å². The van der Waals surface area contributed by atoms with Crippen molar-refractivity contribution < 1.29 is 14.6 Å². The van der Waals surface area contributed by atoms with E-state index in [1.807, 2.05) is 35.7 Å². The highest BCUT2D eigenvalue weighted by Gasteiger charge is 2.15. The number of thioether (sulfide) groups is 1. The maximum atomic E-state index is 12.4. The van der Waals surface area contributed by atoms with Crippen LogP contribution in [0.3, 0.4) is 0 Å². The molecule has 2 heterocycles. The lowest BCUT2D eigenvalue weighted by Gasteiger charge is -2.14. The van der Waals surface area contributed by atoms with Crippen LogP contribution in [-0.2, 0) is 6.54 Å². The lowest BCUT2D eigenvalue weighted by molar-refractivity contribution is 0.0948. The molecule has 0 fully saturated rings. The summed E-state index contributed by atoms with van der Waals surface area (Å²) in [4.78, 5) is 16.7. The SMILES string of the molecule is COc1ncccc1-c1ccc(O)c(CNc2ccc(C(=O)NC3C=CSC3)cc2N)c1. The van der Waals surface area contributed by atoms with E-state index in [1.165, 1.54) is 0 Å². The number of rotatable bonds is 7. The number of pyridine rings is 1. The number of anilines is 2. The first-order valence-corrected chi connectivity index (χ1v) is 11.1. The summed E-state index contributed by atoms with van der Waals surface area (Å²) >= 11 is 1.67. The molecule has 1 aliphatic heterocycles. The highest BCUT2D eigenvalue weighted by molar-refractivity contribution is 8.02. The third kappa shape index (κ3) is 4.81. The zero-order chi connectivity index (χ0) is 22.5. The van der Waals surface area contributed by atoms with E-state index in [9.17, 15) is 9.90 Å². The number of aromatic hydroxyl groups is 1. The highest BCUT2D eigenvalue weighted by atomic mass is 32.2. The zero-order valence-electron chi connectivity index (χ0n) is 17.5. The van der Waals surface area contributed by atoms with Crippen molar-refractivity contribution in [2.45, 2.75) is 12.6 Å². The van der Waals surface area contributed by atoms with Crippen LogP contribution in [0.15, 0.2) is 66.2 Å². The van der Waals surface area contributed by atoms with Gasteiger partial charge in [-0.2, -0.15) is 0 Å². The van der Waals surface area contributed by atoms with Crippen molar-refractivity contribution in [1.29, 1.82) is 0 Å². The van der Waals surface area contributed by atoms with Gasteiger partial charge in [-0.1, -0.05) is 12.1 Å². The van der Waals surface area contributed by atoms with Gasteiger partial charge in [-0.3, -0.25) is 4.79 Å². The molecule has 8 heteroatoms. The molecule has 4 rings (SSSR count). The van der Waals surface area contributed by atoms with E-state index in [4.69, 9.17) is 10.5 Å². The van der Waals surface area contributed by atoms with Crippen LogP contribution in [-0.4, -0.2) is 34.9 Å². The lowest BCUT2D eigenvalue weighted by atomic mass is 10.0. The number of ether oxygens (including phenoxy) is 1. The molecule has 0 saturated carbocycles. The maximum absolute atomic E-state index is 12.4. The lowest BCUT2D eigenvalue weighted by Crippen LogP contribution is -2.33. The van der Waals surface area contributed by atoms with E-state index in [-0.39, 0.29) is 17.7 Å². The normalized spacial score (nSPS) is 14.8. The minimum atomic E-state index is -0.156. The first-order chi connectivity index (χ1) is 15.5. The fourth-order valence-corrected chi connectivity index (χ4v) is 4.24. The van der Waals surface area contributed by atoms with Gasteiger partial charge in [0.2, 0.25) is 5.88 Å². The molecule has 1 aliphatic rings. The number of nitrogens with two attached hydrogens (primary N) is 1. The Kier molecular flexibility index (Phi) is 6.51. The summed E-state index contributed by atoms with van der Waals surface area (Å²) in [5.41, 5.74) is 10.2. The Morgan fingerprint density at radius 2 is 2.16 bits per heavy atom. The average Bonchev–Trinajstić information content (AvgIpc) is 3.32. The van der Waals surface area contributed by atoms with Gasteiger partial charge in [0.25, 0.3) is 5.91 Å². The van der Waals surface area contributed by atoms with Crippen LogP contribution in [0, 0.1) is 0 Å². The van der Waals surface area contributed by atoms with Crippen molar-refractivity contribution in [3.63, 3.8) is 0 Å². The molecule has 0 saturated heterocycles. The van der Waals surface area contributed by atoms with Gasteiger partial charge in [0.1, 0.15) is 5.75 Å². The standard InChI is InChI=1S/C24H24N4O3S/c1-31-24-19(3-2-9-26-24)15-5-7-22(29)17(11-15)13-27-21-6-4-16(12-20(21)25)23(30)28-18-8-10-32-14-18/h2-12,18,27,29H,13-14,25H2,1H3,(H,28,30). The quantitative estimate of drug-likeness (QED) is 0.404. The van der Waals surface area contributed by atoms with E-state index >= 15 is 0 Å². The summed E-state index contributed by atoms with van der Waals surface area (Å²) in [5, 5.41) is 18.5. The number of nitrogens with zero attached hydrogens (tertiary/aromatic N) is 1. The number of carbonyl (C=O) groups excluding carboxylic acids is 1. The Morgan fingerprint density at radius 3 is 2.91 bits per heavy atom. The summed E-state index contributed by atoms with van der Waals surface area (Å²) in [6.45, 7) is 0.349. The molecule has 1 amide bonds. The second kappa shape index (κ2) is 9.65. The number of hydrogen-bond donors (Lipinski definition) is 4. The van der Waals surface area contributed by atoms with Gasteiger partial charge in [-0.05, 0) is 53.4 Å². The summed E-state index contributed by atoms with van der Waals surface area (Å²) in [5.74, 6) is 1.37. The van der Waals surface area contributed by atoms with Crippen molar-refractivity contribution in [3.05, 3.63) is 77.3 Å². The number of phenolic OH excluding ortho intramolecular Hbond substituents is 1. The number of methoxy groups -OCH3 is 1. The summed E-state index contributed by atoms with van der Waals surface area (Å²) in [6, 6.07) is 14.3. The molecule has 1 aromatic heterocycles. The Hall–Kier alpha value is -3.65. The van der Waals surface area contributed by atoms with Crippen molar-refractivity contribution in [2.24, 2.45) is 0 Å². The summed E-state index contributed by atoms with van der Waals surface area (Å²) in [7, 11) is 1.57. The minimum absolute atomic E-state index is 0.0419. The molecule has 1 unspecified atom stereocenters. The van der Waals surface area contributed by atoms with E-state index in [0.29, 0.717) is 34.9 Å². The van der Waals surface area contributed by atoms with Gasteiger partial charge in [-0.25, -0.2) is 4.98 Å². The van der Waals surface area contributed by atoms with E-state index in [2.05, 4.69) is 15.6 Å². The van der Waals surface area contributed by atoms with Gasteiger partial charge in [0.15, 0.2) is 0 Å². The van der Waals surface area contributed by atoms with Crippen molar-refractivity contribution >= 4 is 29.0 Å². The third-order valence-electron chi connectivity index (χ3n) is 5.14. The molecular weight excluding hydrogens is 424 g/mol. The van der Waals surface area contributed by atoms with Gasteiger partial charge in [-0.15, -0.1) is 11.8 Å². The topological polar surface area (TPSA) is 110 Å². The van der Waals surface area contributed by atoms with Gasteiger partial charge in [0.05, 0.1) is 24.5 Å².